The molecule has 1 unspecified atom stereocenters. The number of hydrogen-bond donors (Lipinski definition) is 1. The standard InChI is InChI=1S/C12H10ClN3OS2/c13-10-4-3-9(19-10)12(8-2-1-5-18-8)14-6-11-15-7-17-16-11/h1-5,7,12,14H,6H2. The summed E-state index contributed by atoms with van der Waals surface area (Å²) in [4.78, 5) is 6.42. The van der Waals surface area contributed by atoms with Crippen LogP contribution in [-0.4, -0.2) is 10.1 Å². The maximum Gasteiger partial charge on any atom is 0.213 e. The first-order chi connectivity index (χ1) is 9.33. The maximum atomic E-state index is 6.02. The van der Waals surface area contributed by atoms with E-state index in [1.165, 1.54) is 16.1 Å². The minimum absolute atomic E-state index is 0.107. The summed E-state index contributed by atoms with van der Waals surface area (Å²) in [5, 5.41) is 9.29. The number of rotatable bonds is 5. The third-order valence-electron chi connectivity index (χ3n) is 2.58. The molecular formula is C12H10ClN3OS2. The predicted octanol–water partition coefficient (Wildman–Crippen LogP) is 3.73. The lowest BCUT2D eigenvalue weighted by atomic mass is 10.2. The molecule has 0 saturated carbocycles. The van der Waals surface area contributed by atoms with Gasteiger partial charge in [-0.05, 0) is 23.6 Å². The Hall–Kier alpha value is -1.21. The van der Waals surface area contributed by atoms with Crippen molar-refractivity contribution in [2.24, 2.45) is 0 Å². The summed E-state index contributed by atoms with van der Waals surface area (Å²) in [5.41, 5.74) is 0. The van der Waals surface area contributed by atoms with Crippen molar-refractivity contribution in [3.8, 4) is 0 Å². The third kappa shape index (κ3) is 3.03. The molecule has 0 aliphatic rings. The van der Waals surface area contributed by atoms with Gasteiger partial charge in [-0.2, -0.15) is 4.98 Å². The van der Waals surface area contributed by atoms with Gasteiger partial charge in [-0.1, -0.05) is 22.8 Å². The normalized spacial score (nSPS) is 12.7. The molecule has 0 amide bonds. The van der Waals surface area contributed by atoms with Crippen LogP contribution < -0.4 is 5.32 Å². The van der Waals surface area contributed by atoms with E-state index in [-0.39, 0.29) is 6.04 Å². The highest BCUT2D eigenvalue weighted by Crippen LogP contribution is 2.33. The number of hydrogen-bond acceptors (Lipinski definition) is 6. The number of nitrogens with one attached hydrogen (secondary N) is 1. The first-order valence-electron chi connectivity index (χ1n) is 5.60. The fraction of sp³-hybridized carbons (Fsp3) is 0.167. The quantitative estimate of drug-likeness (QED) is 0.780. The monoisotopic (exact) mass is 311 g/mol. The Bertz CT molecular complexity index is 621. The Morgan fingerprint density at radius 2 is 2.26 bits per heavy atom. The molecule has 3 heterocycles. The van der Waals surface area contributed by atoms with Crippen LogP contribution in [0.1, 0.15) is 21.6 Å². The Kier molecular flexibility index (Phi) is 3.93. The van der Waals surface area contributed by atoms with Gasteiger partial charge in [-0.15, -0.1) is 22.7 Å². The molecule has 0 radical (unpaired) electrons. The van der Waals surface area contributed by atoms with Crippen molar-refractivity contribution in [2.45, 2.75) is 12.6 Å². The summed E-state index contributed by atoms with van der Waals surface area (Å²) in [7, 11) is 0. The molecule has 1 N–H and O–H groups in total. The molecular weight excluding hydrogens is 302 g/mol. The zero-order chi connectivity index (χ0) is 13.1. The molecule has 3 aromatic rings. The van der Waals surface area contributed by atoms with Crippen molar-refractivity contribution in [1.29, 1.82) is 0 Å². The molecule has 7 heteroatoms. The molecule has 1 atom stereocenters. The summed E-state index contributed by atoms with van der Waals surface area (Å²) in [6.07, 6.45) is 1.33. The first kappa shape index (κ1) is 12.8. The van der Waals surface area contributed by atoms with E-state index in [1.54, 1.807) is 22.7 Å². The first-order valence-corrected chi connectivity index (χ1v) is 7.67. The van der Waals surface area contributed by atoms with Crippen LogP contribution in [0.3, 0.4) is 0 Å². The fourth-order valence-electron chi connectivity index (χ4n) is 1.74. The molecule has 0 aliphatic heterocycles. The molecule has 3 aromatic heterocycles. The van der Waals surface area contributed by atoms with Gasteiger partial charge in [-0.3, -0.25) is 5.32 Å². The lowest BCUT2D eigenvalue weighted by Gasteiger charge is -2.14. The number of nitrogens with zero attached hydrogens (tertiary/aromatic N) is 2. The van der Waals surface area contributed by atoms with Gasteiger partial charge in [0.15, 0.2) is 5.82 Å². The van der Waals surface area contributed by atoms with Crippen LogP contribution in [0.25, 0.3) is 0 Å². The van der Waals surface area contributed by atoms with Crippen LogP contribution in [0.2, 0.25) is 4.34 Å². The Balaban J connectivity index is 1.80. The number of halogens is 1. The lowest BCUT2D eigenvalue weighted by molar-refractivity contribution is 0.406. The average molecular weight is 312 g/mol. The molecule has 98 valence electrons. The maximum absolute atomic E-state index is 6.02. The van der Waals surface area contributed by atoms with Gasteiger partial charge in [0.1, 0.15) is 0 Å². The second-order valence-corrected chi connectivity index (χ2v) is 6.54. The van der Waals surface area contributed by atoms with E-state index in [0.29, 0.717) is 12.4 Å². The summed E-state index contributed by atoms with van der Waals surface area (Å²) >= 11 is 9.31. The van der Waals surface area contributed by atoms with Gasteiger partial charge in [0.2, 0.25) is 6.39 Å². The summed E-state index contributed by atoms with van der Waals surface area (Å²) in [5.74, 6) is 0.643. The van der Waals surface area contributed by atoms with Gasteiger partial charge < -0.3 is 4.52 Å². The van der Waals surface area contributed by atoms with E-state index < -0.39 is 0 Å². The van der Waals surface area contributed by atoms with Crippen molar-refractivity contribution in [2.75, 3.05) is 0 Å². The second kappa shape index (κ2) is 5.83. The largest absolute Gasteiger partial charge is 0.343 e. The van der Waals surface area contributed by atoms with E-state index in [2.05, 4.69) is 26.9 Å². The third-order valence-corrected chi connectivity index (χ3v) is 4.81. The Labute approximate surface area is 123 Å². The van der Waals surface area contributed by atoms with E-state index in [4.69, 9.17) is 16.1 Å². The second-order valence-electron chi connectivity index (χ2n) is 3.82. The lowest BCUT2D eigenvalue weighted by Crippen LogP contribution is -2.21. The molecule has 0 spiro atoms. The number of thiophene rings is 2. The summed E-state index contributed by atoms with van der Waals surface area (Å²) in [6.45, 7) is 0.550. The van der Waals surface area contributed by atoms with Crippen molar-refractivity contribution >= 4 is 34.3 Å². The van der Waals surface area contributed by atoms with E-state index in [1.807, 2.05) is 18.2 Å². The molecule has 0 bridgehead atoms. The van der Waals surface area contributed by atoms with Crippen LogP contribution in [-0.2, 0) is 6.54 Å². The highest BCUT2D eigenvalue weighted by Gasteiger charge is 2.17. The minimum atomic E-state index is 0.107. The molecule has 4 nitrogen and oxygen atoms in total. The molecule has 3 rings (SSSR count). The van der Waals surface area contributed by atoms with Gasteiger partial charge in [0.05, 0.1) is 16.9 Å². The van der Waals surface area contributed by atoms with Gasteiger partial charge in [0, 0.05) is 9.75 Å². The fourth-order valence-corrected chi connectivity index (χ4v) is 3.79. The van der Waals surface area contributed by atoms with Crippen LogP contribution in [0.15, 0.2) is 40.6 Å². The van der Waals surface area contributed by atoms with E-state index in [0.717, 1.165) is 4.34 Å². The highest BCUT2D eigenvalue weighted by atomic mass is 35.5. The van der Waals surface area contributed by atoms with E-state index in [9.17, 15) is 0 Å². The van der Waals surface area contributed by atoms with E-state index >= 15 is 0 Å². The molecule has 19 heavy (non-hydrogen) atoms. The average Bonchev–Trinajstić information content (AvgIpc) is 3.11. The SMILES string of the molecule is Clc1ccc(C(NCc2ncon2)c2cccs2)s1. The zero-order valence-corrected chi connectivity index (χ0v) is 12.1. The van der Waals surface area contributed by atoms with Crippen LogP contribution >= 0.6 is 34.3 Å². The van der Waals surface area contributed by atoms with Crippen LogP contribution in [0.4, 0.5) is 0 Å². The molecule has 0 aliphatic carbocycles. The van der Waals surface area contributed by atoms with Crippen LogP contribution in [0, 0.1) is 0 Å². The van der Waals surface area contributed by atoms with Gasteiger partial charge in [0.25, 0.3) is 0 Å². The summed E-state index contributed by atoms with van der Waals surface area (Å²) < 4.78 is 5.52. The van der Waals surface area contributed by atoms with Crippen molar-refractivity contribution in [3.05, 3.63) is 56.0 Å². The van der Waals surface area contributed by atoms with Crippen LogP contribution in [0.5, 0.6) is 0 Å². The predicted molar refractivity (Wildman–Crippen MR) is 76.6 cm³/mol. The van der Waals surface area contributed by atoms with Crippen molar-refractivity contribution < 1.29 is 4.52 Å². The molecule has 0 fully saturated rings. The van der Waals surface area contributed by atoms with Gasteiger partial charge in [-0.25, -0.2) is 0 Å². The van der Waals surface area contributed by atoms with Crippen molar-refractivity contribution in [3.63, 3.8) is 0 Å². The highest BCUT2D eigenvalue weighted by molar-refractivity contribution is 7.16. The van der Waals surface area contributed by atoms with Crippen molar-refractivity contribution in [1.82, 2.24) is 15.5 Å². The molecule has 0 saturated heterocycles. The summed E-state index contributed by atoms with van der Waals surface area (Å²) in [6, 6.07) is 8.21. The topological polar surface area (TPSA) is 51.0 Å². The Morgan fingerprint density at radius 1 is 1.32 bits per heavy atom. The Morgan fingerprint density at radius 3 is 2.89 bits per heavy atom. The minimum Gasteiger partial charge on any atom is -0.343 e. The smallest absolute Gasteiger partial charge is 0.213 e. The number of aromatic nitrogens is 2. The molecule has 0 aromatic carbocycles. The van der Waals surface area contributed by atoms with Gasteiger partial charge >= 0.3 is 0 Å². The zero-order valence-electron chi connectivity index (χ0n) is 9.75.